The highest BCUT2D eigenvalue weighted by molar-refractivity contribution is 8.00. The number of rotatable bonds is 8. The normalized spacial score (nSPS) is 11.6. The number of nitrogens with zero attached hydrogens (tertiary/aromatic N) is 3. The van der Waals surface area contributed by atoms with Crippen LogP contribution in [0, 0.1) is 0 Å². The van der Waals surface area contributed by atoms with Gasteiger partial charge in [0.25, 0.3) is 0 Å². The first kappa shape index (κ1) is 21.4. The number of hydrogen-bond donors (Lipinski definition) is 2. The van der Waals surface area contributed by atoms with Crippen LogP contribution < -0.4 is 15.4 Å². The number of thioether (sulfide) groups is 1. The monoisotopic (exact) mass is 425 g/mol. The van der Waals surface area contributed by atoms with E-state index in [1.807, 2.05) is 49.4 Å². The predicted molar refractivity (Wildman–Crippen MR) is 116 cm³/mol. The molecule has 1 heterocycles. The number of nitrogens with one attached hydrogen (secondary N) is 2. The molecule has 1 aromatic heterocycles. The maximum Gasteiger partial charge on any atom is 0.233 e. The minimum Gasteiger partial charge on any atom is -0.496 e. The van der Waals surface area contributed by atoms with E-state index < -0.39 is 0 Å². The Balaban J connectivity index is 1.66. The lowest BCUT2D eigenvalue weighted by Crippen LogP contribution is -2.30. The van der Waals surface area contributed by atoms with Crippen LogP contribution in [-0.4, -0.2) is 38.9 Å². The molecule has 9 heteroatoms. The Morgan fingerprint density at radius 2 is 2.00 bits per heavy atom. The maximum atomic E-state index is 12.6. The van der Waals surface area contributed by atoms with Crippen molar-refractivity contribution in [3.8, 4) is 11.4 Å². The fourth-order valence-corrected chi connectivity index (χ4v) is 3.67. The first-order valence-corrected chi connectivity index (χ1v) is 10.2. The van der Waals surface area contributed by atoms with Gasteiger partial charge in [0, 0.05) is 24.7 Å². The molecule has 8 nitrogen and oxygen atoms in total. The number of benzene rings is 2. The van der Waals surface area contributed by atoms with Crippen LogP contribution in [0.4, 0.5) is 5.69 Å². The van der Waals surface area contributed by atoms with Crippen molar-refractivity contribution >= 4 is 29.3 Å². The van der Waals surface area contributed by atoms with Crippen LogP contribution in [0.1, 0.15) is 19.4 Å². The van der Waals surface area contributed by atoms with Crippen LogP contribution in [0.15, 0.2) is 60.0 Å². The number of methoxy groups -OCH3 is 1. The molecule has 0 bridgehead atoms. The molecule has 0 saturated carbocycles. The van der Waals surface area contributed by atoms with Gasteiger partial charge in [-0.2, -0.15) is 0 Å². The Bertz CT molecular complexity index is 1040. The van der Waals surface area contributed by atoms with Crippen LogP contribution in [0.2, 0.25) is 0 Å². The average Bonchev–Trinajstić information content (AvgIpc) is 3.20. The quantitative estimate of drug-likeness (QED) is 0.539. The van der Waals surface area contributed by atoms with Crippen molar-refractivity contribution in [2.75, 3.05) is 12.4 Å². The van der Waals surface area contributed by atoms with E-state index >= 15 is 0 Å². The second-order valence-corrected chi connectivity index (χ2v) is 7.81. The molecule has 2 amide bonds. The van der Waals surface area contributed by atoms with Gasteiger partial charge >= 0.3 is 0 Å². The minimum absolute atomic E-state index is 0.118. The zero-order valence-electron chi connectivity index (χ0n) is 17.0. The summed E-state index contributed by atoms with van der Waals surface area (Å²) in [5, 5.41) is 14.0. The molecule has 30 heavy (non-hydrogen) atoms. The molecule has 0 saturated heterocycles. The van der Waals surface area contributed by atoms with Crippen LogP contribution in [0.5, 0.6) is 5.75 Å². The van der Waals surface area contributed by atoms with Crippen molar-refractivity contribution in [2.24, 2.45) is 0 Å². The second-order valence-electron chi connectivity index (χ2n) is 6.50. The Kier molecular flexibility index (Phi) is 7.08. The summed E-state index contributed by atoms with van der Waals surface area (Å²) in [6.45, 7) is 3.65. The number of para-hydroxylation sites is 1. The van der Waals surface area contributed by atoms with Crippen molar-refractivity contribution in [1.29, 1.82) is 0 Å². The lowest BCUT2D eigenvalue weighted by atomic mass is 10.2. The summed E-state index contributed by atoms with van der Waals surface area (Å²) in [6.07, 6.45) is 1.58. The van der Waals surface area contributed by atoms with Gasteiger partial charge in [-0.25, -0.2) is 0 Å². The zero-order chi connectivity index (χ0) is 21.5. The van der Waals surface area contributed by atoms with Crippen LogP contribution in [-0.2, 0) is 16.1 Å². The van der Waals surface area contributed by atoms with Gasteiger partial charge in [-0.3, -0.25) is 14.2 Å². The van der Waals surface area contributed by atoms with E-state index in [4.69, 9.17) is 4.74 Å². The average molecular weight is 426 g/mol. The van der Waals surface area contributed by atoms with Gasteiger partial charge in [-0.15, -0.1) is 10.2 Å². The van der Waals surface area contributed by atoms with E-state index in [2.05, 4.69) is 20.8 Å². The summed E-state index contributed by atoms with van der Waals surface area (Å²) in [7, 11) is 1.60. The van der Waals surface area contributed by atoms with Crippen molar-refractivity contribution in [1.82, 2.24) is 20.1 Å². The molecule has 1 unspecified atom stereocenters. The summed E-state index contributed by atoms with van der Waals surface area (Å²) < 4.78 is 7.10. The maximum absolute atomic E-state index is 12.6. The van der Waals surface area contributed by atoms with Gasteiger partial charge < -0.3 is 15.4 Å². The van der Waals surface area contributed by atoms with Gasteiger partial charge in [-0.1, -0.05) is 36.0 Å². The number of amides is 2. The molecule has 0 aliphatic carbocycles. The number of ether oxygens (including phenoxy) is 1. The summed E-state index contributed by atoms with van der Waals surface area (Å²) in [5.41, 5.74) is 2.37. The number of carbonyl (C=O) groups is 2. The summed E-state index contributed by atoms with van der Waals surface area (Å²) >= 11 is 1.30. The molecule has 0 fully saturated rings. The third-order valence-corrected chi connectivity index (χ3v) is 5.31. The van der Waals surface area contributed by atoms with E-state index in [1.165, 1.54) is 18.7 Å². The molecule has 0 radical (unpaired) electrons. The van der Waals surface area contributed by atoms with Crippen molar-refractivity contribution in [3.63, 3.8) is 0 Å². The lowest BCUT2D eigenvalue weighted by molar-refractivity contribution is -0.120. The first-order valence-electron chi connectivity index (χ1n) is 9.32. The Hall–Kier alpha value is -3.33. The highest BCUT2D eigenvalue weighted by Crippen LogP contribution is 2.25. The lowest BCUT2D eigenvalue weighted by Gasteiger charge is -2.14. The molecular weight excluding hydrogens is 402 g/mol. The van der Waals surface area contributed by atoms with Crippen LogP contribution in [0.25, 0.3) is 5.69 Å². The summed E-state index contributed by atoms with van der Waals surface area (Å²) in [5.74, 6) is 0.468. The van der Waals surface area contributed by atoms with E-state index in [-0.39, 0.29) is 17.1 Å². The summed E-state index contributed by atoms with van der Waals surface area (Å²) in [4.78, 5) is 23.9. The molecule has 156 valence electrons. The molecule has 2 N–H and O–H groups in total. The predicted octanol–water partition coefficient (Wildman–Crippen LogP) is 3.03. The third kappa shape index (κ3) is 5.38. The molecule has 0 spiro atoms. The molecule has 3 aromatic rings. The van der Waals surface area contributed by atoms with Gasteiger partial charge in [-0.05, 0) is 31.2 Å². The topological polar surface area (TPSA) is 98.1 Å². The van der Waals surface area contributed by atoms with Crippen molar-refractivity contribution < 1.29 is 14.3 Å². The third-order valence-electron chi connectivity index (χ3n) is 4.26. The highest BCUT2D eigenvalue weighted by atomic mass is 32.2. The largest absolute Gasteiger partial charge is 0.496 e. The molecular formula is C21H23N5O3S. The Morgan fingerprint density at radius 1 is 1.20 bits per heavy atom. The molecule has 1 atom stereocenters. The van der Waals surface area contributed by atoms with E-state index in [0.29, 0.717) is 17.4 Å². The molecule has 0 aliphatic rings. The standard InChI is InChI=1S/C21H23N5O3S/c1-14(20(28)22-12-16-7-4-5-10-19(16)29-3)30-21-25-23-13-26(21)18-9-6-8-17(11-18)24-15(2)27/h4-11,13-14H,12H2,1-3H3,(H,22,28)(H,24,27). The van der Waals surface area contributed by atoms with Gasteiger partial charge in [0.05, 0.1) is 18.0 Å². The van der Waals surface area contributed by atoms with Crippen LogP contribution >= 0.6 is 11.8 Å². The van der Waals surface area contributed by atoms with Crippen molar-refractivity contribution in [3.05, 3.63) is 60.4 Å². The number of hydrogen-bond acceptors (Lipinski definition) is 6. The fourth-order valence-electron chi connectivity index (χ4n) is 2.81. The van der Waals surface area contributed by atoms with E-state index in [9.17, 15) is 9.59 Å². The van der Waals surface area contributed by atoms with Crippen molar-refractivity contribution in [2.45, 2.75) is 30.8 Å². The highest BCUT2D eigenvalue weighted by Gasteiger charge is 2.19. The number of anilines is 1. The number of carbonyl (C=O) groups excluding carboxylic acids is 2. The van der Waals surface area contributed by atoms with Gasteiger partial charge in [0.15, 0.2) is 5.16 Å². The number of aromatic nitrogens is 3. The zero-order valence-corrected chi connectivity index (χ0v) is 17.8. The van der Waals surface area contributed by atoms with Crippen LogP contribution in [0.3, 0.4) is 0 Å². The fraction of sp³-hybridized carbons (Fsp3) is 0.238. The van der Waals surface area contributed by atoms with E-state index in [1.54, 1.807) is 24.1 Å². The Labute approximate surface area is 179 Å². The minimum atomic E-state index is -0.388. The molecule has 2 aromatic carbocycles. The molecule has 3 rings (SSSR count). The molecule has 0 aliphatic heterocycles. The smallest absolute Gasteiger partial charge is 0.233 e. The van der Waals surface area contributed by atoms with Gasteiger partial charge in [0.2, 0.25) is 11.8 Å². The SMILES string of the molecule is COc1ccccc1CNC(=O)C(C)Sc1nncn1-c1cccc(NC(C)=O)c1. The van der Waals surface area contributed by atoms with Gasteiger partial charge in [0.1, 0.15) is 12.1 Å². The van der Waals surface area contributed by atoms with E-state index in [0.717, 1.165) is 17.0 Å². The Morgan fingerprint density at radius 3 is 2.77 bits per heavy atom. The summed E-state index contributed by atoms with van der Waals surface area (Å²) in [6, 6.07) is 14.9. The second kappa shape index (κ2) is 9.93. The first-order chi connectivity index (χ1) is 14.5.